The summed E-state index contributed by atoms with van der Waals surface area (Å²) in [5.74, 6) is 0. The lowest BCUT2D eigenvalue weighted by Gasteiger charge is -2.16. The summed E-state index contributed by atoms with van der Waals surface area (Å²) < 4.78 is 43.6. The summed E-state index contributed by atoms with van der Waals surface area (Å²) in [7, 11) is -4.39. The molecule has 0 aliphatic rings. The Kier molecular flexibility index (Phi) is 6.98. The zero-order chi connectivity index (χ0) is 19.2. The van der Waals surface area contributed by atoms with E-state index in [0.29, 0.717) is 0 Å². The molecule has 0 amide bonds. The van der Waals surface area contributed by atoms with Gasteiger partial charge in [-0.1, -0.05) is 60.7 Å². The van der Waals surface area contributed by atoms with Crippen molar-refractivity contribution in [3.63, 3.8) is 0 Å². The van der Waals surface area contributed by atoms with Crippen molar-refractivity contribution in [2.45, 2.75) is 13.5 Å². The van der Waals surface area contributed by atoms with Crippen molar-refractivity contribution in [3.05, 3.63) is 73.1 Å². The standard InChI is InChI=1S/C18H20N2P.BF4/c1-3-20-15-14-19(2)18(20)21(16-10-6-4-7-11-16)17-12-8-5-9-13-17;2-1(3,4)5/h4-15H,3H2,1-2H3;/q+1;-1. The third-order valence-corrected chi connectivity index (χ3v) is 6.21. The molecule has 2 aromatic carbocycles. The summed E-state index contributed by atoms with van der Waals surface area (Å²) in [6.45, 7) is 3.20. The number of rotatable bonds is 4. The Bertz CT molecular complexity index is 762. The lowest BCUT2D eigenvalue weighted by atomic mass is 10.3. The zero-order valence-corrected chi connectivity index (χ0v) is 15.5. The largest absolute Gasteiger partial charge is 0.673 e. The number of benzene rings is 2. The maximum Gasteiger partial charge on any atom is 0.673 e. The topological polar surface area (TPSA) is 8.81 Å². The highest BCUT2D eigenvalue weighted by Crippen LogP contribution is 2.31. The Morgan fingerprint density at radius 2 is 1.31 bits per heavy atom. The van der Waals surface area contributed by atoms with E-state index in [1.54, 1.807) is 0 Å². The quantitative estimate of drug-likeness (QED) is 0.283. The van der Waals surface area contributed by atoms with Crippen molar-refractivity contribution in [1.82, 2.24) is 4.57 Å². The Balaban J connectivity index is 0.000000431. The van der Waals surface area contributed by atoms with Crippen molar-refractivity contribution in [2.75, 3.05) is 0 Å². The highest BCUT2D eigenvalue weighted by molar-refractivity contribution is 7.79. The average molecular weight is 382 g/mol. The van der Waals surface area contributed by atoms with Crippen LogP contribution < -0.4 is 20.7 Å². The summed E-state index contributed by atoms with van der Waals surface area (Å²) >= 11 is 0. The van der Waals surface area contributed by atoms with Crippen LogP contribution in [0.25, 0.3) is 0 Å². The van der Waals surface area contributed by atoms with Crippen LogP contribution in [0.5, 0.6) is 0 Å². The molecule has 138 valence electrons. The number of hydrogen-bond donors (Lipinski definition) is 0. The molecule has 2 nitrogen and oxygen atoms in total. The smallest absolute Gasteiger partial charge is 0.418 e. The van der Waals surface area contributed by atoms with Gasteiger partial charge in [-0.2, -0.15) is 0 Å². The Labute approximate surface area is 152 Å². The third kappa shape index (κ3) is 5.70. The van der Waals surface area contributed by atoms with Gasteiger partial charge in [-0.3, -0.25) is 0 Å². The van der Waals surface area contributed by atoms with Crippen LogP contribution in [0.1, 0.15) is 6.92 Å². The molecule has 0 aliphatic heterocycles. The minimum Gasteiger partial charge on any atom is -0.418 e. The molecule has 0 bridgehead atoms. The molecule has 0 fully saturated rings. The first-order valence-electron chi connectivity index (χ1n) is 8.13. The number of imidazole rings is 1. The monoisotopic (exact) mass is 382 g/mol. The van der Waals surface area contributed by atoms with Gasteiger partial charge in [0.1, 0.15) is 12.4 Å². The van der Waals surface area contributed by atoms with Gasteiger partial charge in [0.2, 0.25) is 0 Å². The fourth-order valence-electron chi connectivity index (χ4n) is 2.58. The van der Waals surface area contributed by atoms with Crippen LogP contribution in [0.4, 0.5) is 17.3 Å². The summed E-state index contributed by atoms with van der Waals surface area (Å²) in [6.07, 6.45) is 4.33. The van der Waals surface area contributed by atoms with Crippen LogP contribution in [0.2, 0.25) is 0 Å². The van der Waals surface area contributed by atoms with Crippen molar-refractivity contribution < 1.29 is 21.8 Å². The lowest BCUT2D eigenvalue weighted by molar-refractivity contribution is -0.652. The molecular weight excluding hydrogens is 362 g/mol. The molecule has 0 atom stereocenters. The highest BCUT2D eigenvalue weighted by atomic mass is 31.1. The molecule has 3 rings (SSSR count). The molecule has 0 radical (unpaired) electrons. The molecule has 0 spiro atoms. The van der Waals surface area contributed by atoms with Gasteiger partial charge in [0.25, 0.3) is 5.57 Å². The van der Waals surface area contributed by atoms with E-state index in [1.807, 2.05) is 0 Å². The molecule has 3 aromatic rings. The second-order valence-electron chi connectivity index (χ2n) is 5.50. The normalized spacial score (nSPS) is 11.2. The Hall–Kier alpha value is -2.14. The highest BCUT2D eigenvalue weighted by Gasteiger charge is 2.28. The molecule has 0 saturated heterocycles. The molecule has 0 saturated carbocycles. The molecule has 8 heteroatoms. The zero-order valence-electron chi connectivity index (χ0n) is 14.6. The van der Waals surface area contributed by atoms with Crippen LogP contribution in [0.15, 0.2) is 73.1 Å². The van der Waals surface area contributed by atoms with Crippen LogP contribution in [0.3, 0.4) is 0 Å². The molecular formula is C18H20BF4N2P. The second-order valence-corrected chi connectivity index (χ2v) is 7.60. The summed E-state index contributed by atoms with van der Waals surface area (Å²) in [4.78, 5) is 0. The summed E-state index contributed by atoms with van der Waals surface area (Å²) in [6, 6.07) is 21.7. The van der Waals surface area contributed by atoms with Gasteiger partial charge in [0.15, 0.2) is 0 Å². The minimum absolute atomic E-state index is 0.530. The van der Waals surface area contributed by atoms with Gasteiger partial charge in [0, 0.05) is 0 Å². The van der Waals surface area contributed by atoms with Crippen molar-refractivity contribution in [3.8, 4) is 0 Å². The van der Waals surface area contributed by atoms with E-state index in [-0.39, 0.29) is 0 Å². The van der Waals surface area contributed by atoms with Gasteiger partial charge in [0.05, 0.1) is 21.5 Å². The summed E-state index contributed by atoms with van der Waals surface area (Å²) in [5.41, 5.74) is 1.38. The first-order valence-corrected chi connectivity index (χ1v) is 9.47. The minimum atomic E-state index is -6.00. The predicted octanol–water partition coefficient (Wildman–Crippen LogP) is 3.39. The van der Waals surface area contributed by atoms with Gasteiger partial charge in [-0.05, 0) is 17.5 Å². The van der Waals surface area contributed by atoms with Crippen molar-refractivity contribution in [1.29, 1.82) is 0 Å². The number of halogens is 4. The molecule has 1 aromatic heterocycles. The Morgan fingerprint density at radius 1 is 0.885 bits per heavy atom. The van der Waals surface area contributed by atoms with E-state index < -0.39 is 15.2 Å². The van der Waals surface area contributed by atoms with E-state index in [0.717, 1.165) is 6.54 Å². The van der Waals surface area contributed by atoms with E-state index in [2.05, 4.69) is 96.2 Å². The van der Waals surface area contributed by atoms with E-state index >= 15 is 0 Å². The maximum atomic E-state index is 9.75. The fourth-order valence-corrected chi connectivity index (χ4v) is 5.13. The molecule has 0 unspecified atom stereocenters. The molecule has 1 heterocycles. The molecule has 0 aliphatic carbocycles. The van der Waals surface area contributed by atoms with Gasteiger partial charge < -0.3 is 17.3 Å². The first-order chi connectivity index (χ1) is 12.3. The van der Waals surface area contributed by atoms with Crippen LogP contribution in [-0.2, 0) is 13.6 Å². The van der Waals surface area contributed by atoms with E-state index in [4.69, 9.17) is 0 Å². The fraction of sp³-hybridized carbons (Fsp3) is 0.167. The van der Waals surface area contributed by atoms with Gasteiger partial charge >= 0.3 is 7.25 Å². The SMILES string of the molecule is CCn1cc[n+](C)c1P(c1ccccc1)c1ccccc1.F[B-](F)(F)F. The van der Waals surface area contributed by atoms with E-state index in [9.17, 15) is 17.3 Å². The van der Waals surface area contributed by atoms with Crippen LogP contribution in [0, 0.1) is 0 Å². The van der Waals surface area contributed by atoms with E-state index in [1.165, 1.54) is 16.2 Å². The maximum absolute atomic E-state index is 9.75. The van der Waals surface area contributed by atoms with Crippen molar-refractivity contribution in [2.24, 2.45) is 7.05 Å². The number of aryl methyl sites for hydroxylation is 2. The third-order valence-electron chi connectivity index (χ3n) is 3.61. The number of hydrogen-bond acceptors (Lipinski definition) is 0. The van der Waals surface area contributed by atoms with Crippen LogP contribution in [-0.4, -0.2) is 11.8 Å². The molecule has 26 heavy (non-hydrogen) atoms. The number of aromatic nitrogens is 2. The van der Waals surface area contributed by atoms with Gasteiger partial charge in [-0.15, -0.1) is 0 Å². The van der Waals surface area contributed by atoms with Gasteiger partial charge in [-0.25, -0.2) is 9.13 Å². The van der Waals surface area contributed by atoms with Crippen molar-refractivity contribution >= 4 is 31.4 Å². The Morgan fingerprint density at radius 3 is 1.69 bits per heavy atom. The second kappa shape index (κ2) is 8.99. The first kappa shape index (κ1) is 20.2. The average Bonchev–Trinajstić information content (AvgIpc) is 2.97. The summed E-state index contributed by atoms with van der Waals surface area (Å²) in [5, 5.41) is 2.78. The lowest BCUT2D eigenvalue weighted by Crippen LogP contribution is -2.47. The van der Waals surface area contributed by atoms with Crippen LogP contribution >= 0.6 is 7.92 Å². The number of nitrogens with zero attached hydrogens (tertiary/aromatic N) is 2. The predicted molar refractivity (Wildman–Crippen MR) is 100 cm³/mol. The molecule has 0 N–H and O–H groups in total.